The summed E-state index contributed by atoms with van der Waals surface area (Å²) in [6.07, 6.45) is 9.14. The predicted molar refractivity (Wildman–Crippen MR) is 53.5 cm³/mol. The second-order valence-electron chi connectivity index (χ2n) is 3.14. The first-order valence-electron chi connectivity index (χ1n) is 4.83. The summed E-state index contributed by atoms with van der Waals surface area (Å²) in [7, 11) is 0. The molecular formula is C10H19NO2. The lowest BCUT2D eigenvalue weighted by Gasteiger charge is -1.98. The topological polar surface area (TPSA) is 63.3 Å². The van der Waals surface area contributed by atoms with E-state index in [1.807, 2.05) is 6.08 Å². The van der Waals surface area contributed by atoms with Gasteiger partial charge < -0.3 is 10.8 Å². The van der Waals surface area contributed by atoms with E-state index >= 15 is 0 Å². The molecule has 0 aromatic heterocycles. The Hall–Kier alpha value is -0.830. The molecule has 0 bridgehead atoms. The maximum absolute atomic E-state index is 10.3. The number of unbranched alkanes of at least 4 members (excludes halogenated alkanes) is 4. The van der Waals surface area contributed by atoms with Crippen molar-refractivity contribution in [2.24, 2.45) is 5.73 Å². The number of aliphatic carboxylic acids is 1. The quantitative estimate of drug-likeness (QED) is 0.470. The first-order valence-corrected chi connectivity index (χ1v) is 4.83. The van der Waals surface area contributed by atoms with Crippen LogP contribution < -0.4 is 5.73 Å². The number of allylic oxidation sites excluding steroid dienone is 1. The maximum atomic E-state index is 10.3. The third kappa shape index (κ3) is 7.53. The molecule has 0 heterocycles. The lowest BCUT2D eigenvalue weighted by Crippen LogP contribution is -2.27. The molecule has 13 heavy (non-hydrogen) atoms. The highest BCUT2D eigenvalue weighted by Crippen LogP contribution is 2.02. The largest absolute Gasteiger partial charge is 0.480 e. The van der Waals surface area contributed by atoms with Crippen LogP contribution in [0.1, 0.15) is 39.0 Å². The minimum atomic E-state index is -0.968. The molecule has 3 heteroatoms. The monoisotopic (exact) mass is 185 g/mol. The summed E-state index contributed by atoms with van der Waals surface area (Å²) in [6, 6.07) is -0.842. The molecule has 0 fully saturated rings. The van der Waals surface area contributed by atoms with Gasteiger partial charge in [0, 0.05) is 0 Å². The number of carbonyl (C=O) groups is 1. The summed E-state index contributed by atoms with van der Waals surface area (Å²) < 4.78 is 0. The molecule has 3 nitrogen and oxygen atoms in total. The minimum Gasteiger partial charge on any atom is -0.480 e. The molecule has 0 aliphatic rings. The van der Waals surface area contributed by atoms with Crippen LogP contribution >= 0.6 is 0 Å². The third-order valence-corrected chi connectivity index (χ3v) is 1.85. The summed E-state index contributed by atoms with van der Waals surface area (Å²) in [6.45, 7) is 2.16. The van der Waals surface area contributed by atoms with Crippen molar-refractivity contribution in [3.8, 4) is 0 Å². The molecule has 0 aliphatic carbocycles. The van der Waals surface area contributed by atoms with Gasteiger partial charge in [0.2, 0.25) is 0 Å². The summed E-state index contributed by atoms with van der Waals surface area (Å²) in [4.78, 5) is 10.3. The van der Waals surface area contributed by atoms with Gasteiger partial charge in [-0.1, -0.05) is 38.3 Å². The molecule has 0 rings (SSSR count). The summed E-state index contributed by atoms with van der Waals surface area (Å²) in [5, 5.41) is 8.45. The van der Waals surface area contributed by atoms with Crippen molar-refractivity contribution in [1.29, 1.82) is 0 Å². The molecule has 0 saturated heterocycles. The standard InChI is InChI=1S/C10H19NO2/c1-2-3-4-5-6-7-8-9(11)10(12)13/h7-9H,2-6,11H2,1H3,(H,12,13)/b8-7+/t9-/m1/s1. The Morgan fingerprint density at radius 3 is 2.69 bits per heavy atom. The zero-order chi connectivity index (χ0) is 10.1. The molecule has 0 saturated carbocycles. The molecule has 0 aromatic carbocycles. The van der Waals surface area contributed by atoms with Gasteiger partial charge in [-0.15, -0.1) is 0 Å². The molecular weight excluding hydrogens is 166 g/mol. The second kappa shape index (κ2) is 7.80. The van der Waals surface area contributed by atoms with Crippen molar-refractivity contribution >= 4 is 5.97 Å². The number of carboxylic acid groups (broad SMARTS) is 1. The zero-order valence-electron chi connectivity index (χ0n) is 8.20. The number of carboxylic acids is 1. The highest BCUT2D eigenvalue weighted by atomic mass is 16.4. The van der Waals surface area contributed by atoms with E-state index in [1.54, 1.807) is 6.08 Å². The average Bonchev–Trinajstić information content (AvgIpc) is 2.10. The Balaban J connectivity index is 3.35. The normalized spacial score (nSPS) is 13.4. The Kier molecular flexibility index (Phi) is 7.30. The molecule has 0 radical (unpaired) electrons. The van der Waals surface area contributed by atoms with Crippen LogP contribution in [0.2, 0.25) is 0 Å². The third-order valence-electron chi connectivity index (χ3n) is 1.85. The van der Waals surface area contributed by atoms with Crippen molar-refractivity contribution in [3.05, 3.63) is 12.2 Å². The van der Waals surface area contributed by atoms with Crippen LogP contribution in [0, 0.1) is 0 Å². The van der Waals surface area contributed by atoms with Crippen molar-refractivity contribution < 1.29 is 9.90 Å². The number of hydrogen-bond acceptors (Lipinski definition) is 2. The maximum Gasteiger partial charge on any atom is 0.324 e. The first kappa shape index (κ1) is 12.2. The highest BCUT2D eigenvalue weighted by Gasteiger charge is 2.04. The van der Waals surface area contributed by atoms with Crippen LogP contribution in [0.4, 0.5) is 0 Å². The van der Waals surface area contributed by atoms with Crippen LogP contribution in [0.25, 0.3) is 0 Å². The molecule has 76 valence electrons. The second-order valence-corrected chi connectivity index (χ2v) is 3.14. The molecule has 0 unspecified atom stereocenters. The van der Waals surface area contributed by atoms with Crippen molar-refractivity contribution in [1.82, 2.24) is 0 Å². The summed E-state index contributed by atoms with van der Waals surface area (Å²) in [5.41, 5.74) is 5.27. The summed E-state index contributed by atoms with van der Waals surface area (Å²) >= 11 is 0. The molecule has 0 spiro atoms. The van der Waals surface area contributed by atoms with E-state index < -0.39 is 12.0 Å². The predicted octanol–water partition coefficient (Wildman–Crippen LogP) is 1.92. The molecule has 1 atom stereocenters. The van der Waals surface area contributed by atoms with E-state index in [1.165, 1.54) is 19.3 Å². The average molecular weight is 185 g/mol. The van der Waals surface area contributed by atoms with Gasteiger partial charge in [-0.2, -0.15) is 0 Å². The van der Waals surface area contributed by atoms with Gasteiger partial charge in [-0.3, -0.25) is 4.79 Å². The van der Waals surface area contributed by atoms with Crippen LogP contribution in [-0.4, -0.2) is 17.1 Å². The van der Waals surface area contributed by atoms with Gasteiger partial charge in [0.25, 0.3) is 0 Å². The van der Waals surface area contributed by atoms with Crippen LogP contribution in [-0.2, 0) is 4.79 Å². The molecule has 3 N–H and O–H groups in total. The Morgan fingerprint density at radius 1 is 1.46 bits per heavy atom. The number of rotatable bonds is 7. The number of hydrogen-bond donors (Lipinski definition) is 2. The fourth-order valence-corrected chi connectivity index (χ4v) is 1.01. The zero-order valence-corrected chi connectivity index (χ0v) is 8.20. The van der Waals surface area contributed by atoms with E-state index in [-0.39, 0.29) is 0 Å². The Morgan fingerprint density at radius 2 is 2.15 bits per heavy atom. The van der Waals surface area contributed by atoms with Crippen molar-refractivity contribution in [2.75, 3.05) is 0 Å². The van der Waals surface area contributed by atoms with E-state index in [0.29, 0.717) is 0 Å². The van der Waals surface area contributed by atoms with Crippen LogP contribution in [0.5, 0.6) is 0 Å². The van der Waals surface area contributed by atoms with Crippen molar-refractivity contribution in [3.63, 3.8) is 0 Å². The summed E-state index contributed by atoms with van der Waals surface area (Å²) in [5.74, 6) is -0.968. The van der Waals surface area contributed by atoms with E-state index in [0.717, 1.165) is 12.8 Å². The highest BCUT2D eigenvalue weighted by molar-refractivity contribution is 5.75. The fourth-order valence-electron chi connectivity index (χ4n) is 1.01. The van der Waals surface area contributed by atoms with Gasteiger partial charge in [0.1, 0.15) is 6.04 Å². The smallest absolute Gasteiger partial charge is 0.324 e. The van der Waals surface area contributed by atoms with Crippen LogP contribution in [0.15, 0.2) is 12.2 Å². The van der Waals surface area contributed by atoms with Crippen molar-refractivity contribution in [2.45, 2.75) is 45.1 Å². The Bertz CT molecular complexity index is 166. The molecule has 0 aromatic rings. The molecule has 0 amide bonds. The Labute approximate surface area is 79.6 Å². The SMILES string of the molecule is CCCCCC/C=C/[C@@H](N)C(=O)O. The van der Waals surface area contributed by atoms with Gasteiger partial charge in [-0.05, 0) is 12.8 Å². The van der Waals surface area contributed by atoms with Gasteiger partial charge in [-0.25, -0.2) is 0 Å². The van der Waals surface area contributed by atoms with Gasteiger partial charge in [0.05, 0.1) is 0 Å². The van der Waals surface area contributed by atoms with Gasteiger partial charge >= 0.3 is 5.97 Å². The molecule has 0 aliphatic heterocycles. The van der Waals surface area contributed by atoms with Gasteiger partial charge in [0.15, 0.2) is 0 Å². The lowest BCUT2D eigenvalue weighted by atomic mass is 10.1. The fraction of sp³-hybridized carbons (Fsp3) is 0.700. The van der Waals surface area contributed by atoms with E-state index in [4.69, 9.17) is 10.8 Å². The van der Waals surface area contributed by atoms with E-state index in [2.05, 4.69) is 6.92 Å². The lowest BCUT2D eigenvalue weighted by molar-refractivity contribution is -0.137. The first-order chi connectivity index (χ1) is 6.18. The van der Waals surface area contributed by atoms with E-state index in [9.17, 15) is 4.79 Å². The minimum absolute atomic E-state index is 0.842. The number of nitrogens with two attached hydrogens (primary N) is 1. The van der Waals surface area contributed by atoms with Crippen LogP contribution in [0.3, 0.4) is 0 Å².